The van der Waals surface area contributed by atoms with Gasteiger partial charge < -0.3 is 32.3 Å². The minimum atomic E-state index is -0.902. The lowest BCUT2D eigenvalue weighted by atomic mass is 9.99. The molecule has 34 heavy (non-hydrogen) atoms. The molecule has 11 heteroatoms. The first-order valence-corrected chi connectivity index (χ1v) is 11.8. The van der Waals surface area contributed by atoms with Crippen LogP contribution in [0.2, 0.25) is 0 Å². The summed E-state index contributed by atoms with van der Waals surface area (Å²) in [7, 11) is 0. The molecule has 0 bridgehead atoms. The molecule has 0 spiro atoms. The summed E-state index contributed by atoms with van der Waals surface area (Å²) in [6.07, 6.45) is 10.6. The lowest BCUT2D eigenvalue weighted by Gasteiger charge is -2.20. The van der Waals surface area contributed by atoms with E-state index >= 15 is 0 Å². The van der Waals surface area contributed by atoms with Crippen molar-refractivity contribution in [3.8, 4) is 0 Å². The molecule has 0 aromatic carbocycles. The average molecular weight is 479 g/mol. The summed E-state index contributed by atoms with van der Waals surface area (Å²) >= 11 is 0. The molecule has 0 aromatic rings. The number of nitrogens with two attached hydrogens (primary N) is 1. The summed E-state index contributed by atoms with van der Waals surface area (Å²) in [6, 6.07) is -0.902. The third-order valence-electron chi connectivity index (χ3n) is 4.96. The Morgan fingerprint density at radius 3 is 2.21 bits per heavy atom. The summed E-state index contributed by atoms with van der Waals surface area (Å²) in [5.41, 5.74) is 6.31. The quantitative estimate of drug-likeness (QED) is 0.158. The topological polar surface area (TPSA) is 172 Å². The first kappa shape index (κ1) is 28.8. The fraction of sp³-hybridized carbons (Fsp3) is 0.609. The highest BCUT2D eigenvalue weighted by molar-refractivity contribution is 5.92. The largest absolute Gasteiger partial charge is 0.355 e. The molecule has 1 rings (SSSR count). The predicted molar refractivity (Wildman–Crippen MR) is 128 cm³/mol. The maximum absolute atomic E-state index is 12.6. The van der Waals surface area contributed by atoms with Gasteiger partial charge in [-0.05, 0) is 44.7 Å². The second kappa shape index (κ2) is 17.3. The number of allylic oxidation sites excluding steroid dienone is 3. The van der Waals surface area contributed by atoms with Crippen LogP contribution in [0.5, 0.6) is 0 Å². The maximum Gasteiger partial charge on any atom is 0.243 e. The highest BCUT2D eigenvalue weighted by Crippen LogP contribution is 2.15. The van der Waals surface area contributed by atoms with Crippen LogP contribution in [0.15, 0.2) is 23.8 Å². The van der Waals surface area contributed by atoms with E-state index in [0.29, 0.717) is 25.9 Å². The minimum Gasteiger partial charge on any atom is -0.355 e. The fourth-order valence-corrected chi connectivity index (χ4v) is 3.17. The number of amides is 5. The monoisotopic (exact) mass is 478 g/mol. The number of unbranched alkanes of at least 4 members (excludes halogenated alkanes) is 2. The van der Waals surface area contributed by atoms with Gasteiger partial charge in [-0.25, -0.2) is 0 Å². The van der Waals surface area contributed by atoms with Crippen molar-refractivity contribution in [3.63, 3.8) is 0 Å². The van der Waals surface area contributed by atoms with Crippen molar-refractivity contribution in [1.82, 2.24) is 26.6 Å². The van der Waals surface area contributed by atoms with Gasteiger partial charge >= 0.3 is 0 Å². The van der Waals surface area contributed by atoms with Crippen LogP contribution in [0.4, 0.5) is 0 Å². The van der Waals surface area contributed by atoms with E-state index in [9.17, 15) is 24.0 Å². The van der Waals surface area contributed by atoms with Gasteiger partial charge in [0.1, 0.15) is 6.04 Å². The van der Waals surface area contributed by atoms with Gasteiger partial charge in [0.25, 0.3) is 0 Å². The van der Waals surface area contributed by atoms with E-state index in [1.807, 2.05) is 18.2 Å². The third-order valence-corrected chi connectivity index (χ3v) is 4.96. The molecule has 0 saturated carbocycles. The molecule has 1 aliphatic carbocycles. The summed E-state index contributed by atoms with van der Waals surface area (Å²) in [4.78, 5) is 60.3. The van der Waals surface area contributed by atoms with Gasteiger partial charge in [0.05, 0.1) is 19.6 Å². The Kier molecular flexibility index (Phi) is 14.7. The van der Waals surface area contributed by atoms with Crippen molar-refractivity contribution in [3.05, 3.63) is 23.8 Å². The van der Waals surface area contributed by atoms with Gasteiger partial charge in [0, 0.05) is 19.4 Å². The Bertz CT molecular complexity index is 765. The first-order valence-electron chi connectivity index (χ1n) is 11.8. The molecule has 7 N–H and O–H groups in total. The van der Waals surface area contributed by atoms with Gasteiger partial charge in [-0.1, -0.05) is 24.6 Å². The Morgan fingerprint density at radius 2 is 1.53 bits per heavy atom. The van der Waals surface area contributed by atoms with Crippen molar-refractivity contribution < 1.29 is 24.0 Å². The second-order valence-corrected chi connectivity index (χ2v) is 7.91. The highest BCUT2D eigenvalue weighted by atomic mass is 16.2. The minimum absolute atomic E-state index is 0.198. The van der Waals surface area contributed by atoms with Crippen molar-refractivity contribution >= 4 is 29.5 Å². The SMILES string of the molecule is CCNC(=O)CNC(=O)C(CC1=CCCC=C1)NC(=O)CNC(=O)CNC(=O)CCCCCN. The van der Waals surface area contributed by atoms with E-state index in [1.54, 1.807) is 6.92 Å². The maximum atomic E-state index is 12.6. The molecule has 190 valence electrons. The summed E-state index contributed by atoms with van der Waals surface area (Å²) in [5.74, 6) is -2.13. The Hall–Kier alpha value is -3.21. The zero-order valence-electron chi connectivity index (χ0n) is 19.9. The molecular weight excluding hydrogens is 440 g/mol. The van der Waals surface area contributed by atoms with Crippen molar-refractivity contribution in [2.45, 2.75) is 57.9 Å². The molecule has 0 fully saturated rings. The van der Waals surface area contributed by atoms with Crippen LogP contribution in [0.3, 0.4) is 0 Å². The highest BCUT2D eigenvalue weighted by Gasteiger charge is 2.22. The molecule has 0 radical (unpaired) electrons. The zero-order valence-corrected chi connectivity index (χ0v) is 19.9. The van der Waals surface area contributed by atoms with Gasteiger partial charge in [-0.15, -0.1) is 0 Å². The molecule has 1 atom stereocenters. The number of carbonyl (C=O) groups is 5. The van der Waals surface area contributed by atoms with E-state index in [1.165, 1.54) is 0 Å². The van der Waals surface area contributed by atoms with Crippen LogP contribution in [0.1, 0.15) is 51.9 Å². The number of likely N-dealkylation sites (N-methyl/N-ethyl adjacent to an activating group) is 1. The van der Waals surface area contributed by atoms with Crippen molar-refractivity contribution in [2.75, 3.05) is 32.7 Å². The molecule has 0 saturated heterocycles. The van der Waals surface area contributed by atoms with E-state index in [4.69, 9.17) is 5.73 Å². The lowest BCUT2D eigenvalue weighted by Crippen LogP contribution is -2.51. The molecule has 11 nitrogen and oxygen atoms in total. The van der Waals surface area contributed by atoms with Crippen LogP contribution in [-0.4, -0.2) is 68.3 Å². The number of nitrogens with one attached hydrogen (secondary N) is 5. The average Bonchev–Trinajstić information content (AvgIpc) is 2.83. The van der Waals surface area contributed by atoms with Gasteiger partial charge in [-0.3, -0.25) is 24.0 Å². The molecule has 0 aliphatic heterocycles. The normalized spacial score (nSPS) is 13.3. The standard InChI is InChI=1S/C23H38N6O5/c1-2-25-20(31)15-28-23(34)18(13-17-9-5-3-6-10-17)29-22(33)16-27-21(32)14-26-19(30)11-7-4-8-12-24/h5,9-10,18H,2-4,6-8,11-16,24H2,1H3,(H,25,31)(H,26,30)(H,27,32)(H,28,34)(H,29,33). The van der Waals surface area contributed by atoms with Crippen LogP contribution in [0.25, 0.3) is 0 Å². The number of hydrogen-bond acceptors (Lipinski definition) is 6. The zero-order chi connectivity index (χ0) is 25.2. The van der Waals surface area contributed by atoms with Crippen LogP contribution >= 0.6 is 0 Å². The first-order chi connectivity index (χ1) is 16.3. The van der Waals surface area contributed by atoms with E-state index in [0.717, 1.165) is 31.3 Å². The summed E-state index contributed by atoms with van der Waals surface area (Å²) in [5, 5.41) is 12.6. The van der Waals surface area contributed by atoms with E-state index < -0.39 is 23.8 Å². The molecule has 5 amide bonds. The Morgan fingerprint density at radius 1 is 0.853 bits per heavy atom. The number of carbonyl (C=O) groups excluding carboxylic acids is 5. The molecule has 1 aliphatic rings. The number of rotatable bonds is 16. The molecule has 0 heterocycles. The van der Waals surface area contributed by atoms with Crippen molar-refractivity contribution in [1.29, 1.82) is 0 Å². The summed E-state index contributed by atoms with van der Waals surface area (Å²) in [6.45, 7) is 2.01. The lowest BCUT2D eigenvalue weighted by molar-refractivity contribution is -0.131. The summed E-state index contributed by atoms with van der Waals surface area (Å²) < 4.78 is 0. The fourth-order valence-electron chi connectivity index (χ4n) is 3.17. The Balaban J connectivity index is 2.48. The number of hydrogen-bond donors (Lipinski definition) is 6. The van der Waals surface area contributed by atoms with Crippen molar-refractivity contribution in [2.24, 2.45) is 5.73 Å². The van der Waals surface area contributed by atoms with Crippen LogP contribution in [0, 0.1) is 0 Å². The molecule has 1 unspecified atom stereocenters. The molecule has 0 aromatic heterocycles. The molecular formula is C23H38N6O5. The predicted octanol–water partition coefficient (Wildman–Crippen LogP) is -0.858. The third kappa shape index (κ3) is 13.4. The van der Waals surface area contributed by atoms with E-state index in [2.05, 4.69) is 26.6 Å². The van der Waals surface area contributed by atoms with E-state index in [-0.39, 0.29) is 37.9 Å². The van der Waals surface area contributed by atoms with Gasteiger partial charge in [-0.2, -0.15) is 0 Å². The van der Waals surface area contributed by atoms with Crippen LogP contribution in [-0.2, 0) is 24.0 Å². The smallest absolute Gasteiger partial charge is 0.243 e. The van der Waals surface area contributed by atoms with Gasteiger partial charge in [0.15, 0.2) is 0 Å². The van der Waals surface area contributed by atoms with Gasteiger partial charge in [0.2, 0.25) is 29.5 Å². The second-order valence-electron chi connectivity index (χ2n) is 7.91. The Labute approximate surface area is 200 Å². The van der Waals surface area contributed by atoms with Crippen LogP contribution < -0.4 is 32.3 Å².